The Labute approximate surface area is 81.8 Å². The van der Waals surface area contributed by atoms with Gasteiger partial charge in [-0.2, -0.15) is 0 Å². The van der Waals surface area contributed by atoms with Crippen LogP contribution in [0.2, 0.25) is 0 Å². The third-order valence-electron chi connectivity index (χ3n) is 0.687. The Morgan fingerprint density at radius 2 is 2.20 bits per heavy atom. The normalized spacial score (nSPS) is 6.90. The number of aromatic nitrogens is 2. The molecule has 1 heterocycles. The predicted molar refractivity (Wildman–Crippen MR) is 33.2 cm³/mol. The number of rotatable bonds is 1. The number of methoxy groups -OCH3 is 1. The summed E-state index contributed by atoms with van der Waals surface area (Å²) in [6.07, 6.45) is 5.63. The quantitative estimate of drug-likeness (QED) is 0.330. The molecule has 0 aliphatic rings. The van der Waals surface area contributed by atoms with Gasteiger partial charge in [-0.05, 0) is 6.20 Å². The number of hydrogen-bond acceptors (Lipinski definition) is 3. The van der Waals surface area contributed by atoms with E-state index in [4.69, 9.17) is 0 Å². The minimum atomic E-state index is 0. The van der Waals surface area contributed by atoms with Gasteiger partial charge in [0, 0.05) is 0 Å². The van der Waals surface area contributed by atoms with Crippen LogP contribution in [0.1, 0.15) is 0 Å². The summed E-state index contributed by atoms with van der Waals surface area (Å²) in [4.78, 5) is 7.40. The summed E-state index contributed by atoms with van der Waals surface area (Å²) >= 11 is 0. The largest absolute Gasteiger partial charge is 2.00 e. The van der Waals surface area contributed by atoms with E-state index in [1.807, 2.05) is 0 Å². The first-order valence-corrected chi connectivity index (χ1v) is 2.16. The standard InChI is InChI=1S/C5H5N2O.ClH.Mg/c1-8-5-4-6-2-3-7-5;;/h2-3H,1H3;1H;/q-1;;+2/p-1. The molecule has 0 atom stereocenters. The molecule has 1 aromatic rings. The van der Waals surface area contributed by atoms with Gasteiger partial charge >= 0.3 is 23.1 Å². The average molecular weight is 169 g/mol. The van der Waals surface area contributed by atoms with Crippen LogP contribution in [-0.4, -0.2) is 40.1 Å². The van der Waals surface area contributed by atoms with E-state index in [9.17, 15) is 0 Å². The van der Waals surface area contributed by atoms with Crippen LogP contribution in [0.4, 0.5) is 0 Å². The molecular weight excluding hydrogens is 164 g/mol. The Balaban J connectivity index is 0. The van der Waals surface area contributed by atoms with Gasteiger partial charge in [0.15, 0.2) is 0 Å². The molecule has 0 aliphatic carbocycles. The van der Waals surface area contributed by atoms with Crippen LogP contribution in [0.25, 0.3) is 0 Å². The third-order valence-corrected chi connectivity index (χ3v) is 0.687. The van der Waals surface area contributed by atoms with E-state index in [0.29, 0.717) is 5.88 Å². The fraction of sp³-hybridized carbons (Fsp3) is 0.200. The second-order valence-electron chi connectivity index (χ2n) is 1.18. The maximum atomic E-state index is 4.69. The molecule has 0 spiro atoms. The zero-order chi connectivity index (χ0) is 5.82. The molecule has 0 amide bonds. The maximum absolute atomic E-state index is 4.69. The molecule has 0 unspecified atom stereocenters. The molecule has 0 saturated heterocycles. The third kappa shape index (κ3) is 3.87. The average Bonchev–Trinajstić information content (AvgIpc) is 1.90. The topological polar surface area (TPSA) is 35.0 Å². The van der Waals surface area contributed by atoms with Crippen molar-refractivity contribution in [1.29, 1.82) is 0 Å². The van der Waals surface area contributed by atoms with Crippen molar-refractivity contribution in [2.24, 2.45) is 0 Å². The van der Waals surface area contributed by atoms with Crippen LogP contribution < -0.4 is 17.1 Å². The van der Waals surface area contributed by atoms with Crippen molar-refractivity contribution in [3.8, 4) is 5.88 Å². The summed E-state index contributed by atoms with van der Waals surface area (Å²) in [6, 6.07) is 0. The van der Waals surface area contributed by atoms with E-state index >= 15 is 0 Å². The molecule has 1 rings (SSSR count). The van der Waals surface area contributed by atoms with Gasteiger partial charge in [-0.1, -0.05) is 6.20 Å². The summed E-state index contributed by atoms with van der Waals surface area (Å²) < 4.78 is 4.69. The molecule has 10 heavy (non-hydrogen) atoms. The molecule has 0 fully saturated rings. The van der Waals surface area contributed by atoms with Gasteiger partial charge in [-0.3, -0.25) is 4.98 Å². The van der Waals surface area contributed by atoms with Gasteiger partial charge in [0.2, 0.25) is 0 Å². The van der Waals surface area contributed by atoms with E-state index in [1.165, 1.54) is 7.11 Å². The van der Waals surface area contributed by atoms with Crippen LogP contribution in [0.3, 0.4) is 0 Å². The van der Waals surface area contributed by atoms with Crippen LogP contribution >= 0.6 is 0 Å². The summed E-state index contributed by atoms with van der Waals surface area (Å²) in [5.74, 6) is 0.424. The van der Waals surface area contributed by atoms with E-state index in [1.54, 1.807) is 12.4 Å². The van der Waals surface area contributed by atoms with Gasteiger partial charge < -0.3 is 22.1 Å². The van der Waals surface area contributed by atoms with E-state index in [0.717, 1.165) is 0 Å². The Kier molecular flexibility index (Phi) is 8.88. The smallest absolute Gasteiger partial charge is 1.00 e. The van der Waals surface area contributed by atoms with Crippen molar-refractivity contribution < 1.29 is 17.1 Å². The van der Waals surface area contributed by atoms with Gasteiger partial charge in [0.25, 0.3) is 0 Å². The van der Waals surface area contributed by atoms with Crippen LogP contribution in [0.15, 0.2) is 12.4 Å². The van der Waals surface area contributed by atoms with Crippen molar-refractivity contribution in [2.45, 2.75) is 0 Å². The first-order chi connectivity index (χ1) is 3.93. The van der Waals surface area contributed by atoms with Crippen molar-refractivity contribution in [2.75, 3.05) is 7.11 Å². The molecule has 0 N–H and O–H groups in total. The fourth-order valence-corrected chi connectivity index (χ4v) is 0.354. The molecule has 3 nitrogen and oxygen atoms in total. The van der Waals surface area contributed by atoms with Gasteiger partial charge in [0.05, 0.1) is 7.11 Å². The first-order valence-electron chi connectivity index (χ1n) is 2.16. The molecule has 0 aliphatic heterocycles. The minimum Gasteiger partial charge on any atom is -1.00 e. The van der Waals surface area contributed by atoms with E-state index < -0.39 is 0 Å². The Morgan fingerprint density at radius 3 is 2.50 bits per heavy atom. The van der Waals surface area contributed by atoms with Gasteiger partial charge in [-0.15, -0.1) is 6.20 Å². The van der Waals surface area contributed by atoms with Crippen molar-refractivity contribution in [3.63, 3.8) is 0 Å². The molecule has 5 heteroatoms. The van der Waals surface area contributed by atoms with Gasteiger partial charge in [-0.25, -0.2) is 0 Å². The second-order valence-corrected chi connectivity index (χ2v) is 1.18. The molecule has 0 aromatic carbocycles. The minimum absolute atomic E-state index is 0. The molecular formula is C5H5ClMgN2O. The summed E-state index contributed by atoms with van der Waals surface area (Å²) in [5.41, 5.74) is 0. The molecule has 50 valence electrons. The number of nitrogens with zero attached hydrogens (tertiary/aromatic N) is 2. The van der Waals surface area contributed by atoms with E-state index in [2.05, 4.69) is 20.9 Å². The Hall–Kier alpha value is -0.0638. The summed E-state index contributed by atoms with van der Waals surface area (Å²) in [5, 5.41) is 0. The Morgan fingerprint density at radius 1 is 1.50 bits per heavy atom. The molecule has 0 bridgehead atoms. The number of hydrogen-bond donors (Lipinski definition) is 0. The SMILES string of the molecule is COc1[c-]nccn1.[Cl-].[Mg+2]. The fourth-order valence-electron chi connectivity index (χ4n) is 0.354. The molecule has 0 radical (unpaired) electrons. The van der Waals surface area contributed by atoms with Gasteiger partial charge in [0.1, 0.15) is 5.88 Å². The first kappa shape index (κ1) is 12.6. The van der Waals surface area contributed by atoms with Crippen LogP contribution in [0, 0.1) is 6.20 Å². The number of ether oxygens (including phenoxy) is 1. The summed E-state index contributed by atoms with van der Waals surface area (Å²) in [6.45, 7) is 0. The Bertz CT molecular complexity index is 161. The summed E-state index contributed by atoms with van der Waals surface area (Å²) in [7, 11) is 1.53. The van der Waals surface area contributed by atoms with Crippen LogP contribution in [-0.2, 0) is 0 Å². The second kappa shape index (κ2) is 7.05. The monoisotopic (exact) mass is 168 g/mol. The van der Waals surface area contributed by atoms with Crippen LogP contribution in [0.5, 0.6) is 5.88 Å². The van der Waals surface area contributed by atoms with Crippen molar-refractivity contribution in [3.05, 3.63) is 18.6 Å². The zero-order valence-electron chi connectivity index (χ0n) is 5.54. The van der Waals surface area contributed by atoms with E-state index in [-0.39, 0.29) is 35.5 Å². The molecule has 1 aromatic heterocycles. The number of halogens is 1. The van der Waals surface area contributed by atoms with Crippen molar-refractivity contribution in [1.82, 2.24) is 9.97 Å². The zero-order valence-corrected chi connectivity index (χ0v) is 7.71. The maximum Gasteiger partial charge on any atom is 2.00 e. The molecule has 0 saturated carbocycles. The predicted octanol–water partition coefficient (Wildman–Crippen LogP) is -3.09. The van der Waals surface area contributed by atoms with Crippen molar-refractivity contribution >= 4 is 23.1 Å².